The van der Waals surface area contributed by atoms with E-state index in [-0.39, 0.29) is 0 Å². The average molecular weight is 176 g/mol. The molecule has 4 nitrogen and oxygen atoms in total. The maximum Gasteiger partial charge on any atom is 0.409 e. The molecule has 0 aliphatic carbocycles. The van der Waals surface area contributed by atoms with Crippen LogP contribution in [0.5, 0.6) is 0 Å². The number of carbonyl (C=O) groups is 1. The quantitative estimate of drug-likeness (QED) is 0.686. The molecule has 0 unspecified atom stereocenters. The predicted octanol–water partition coefficient (Wildman–Crippen LogP) is 1.96. The summed E-state index contributed by atoms with van der Waals surface area (Å²) in [4.78, 5) is 10.3. The molecule has 4 heteroatoms. The van der Waals surface area contributed by atoms with Crippen LogP contribution >= 0.6 is 0 Å². The van der Waals surface area contributed by atoms with E-state index in [0.717, 1.165) is 5.56 Å². The molecule has 1 amide bonds. The van der Waals surface area contributed by atoms with E-state index < -0.39 is 6.09 Å². The molecule has 0 saturated carbocycles. The summed E-state index contributed by atoms with van der Waals surface area (Å²) in [6.07, 6.45) is -1.13. The number of benzene rings is 1. The lowest BCUT2D eigenvalue weighted by Gasteiger charge is -2.04. The number of carboxylic acid groups (broad SMARTS) is 1. The van der Waals surface area contributed by atoms with E-state index in [2.05, 4.69) is 5.32 Å². The minimum atomic E-state index is -1.13. The van der Waals surface area contributed by atoms with Gasteiger partial charge in [0.25, 0.3) is 0 Å². The largest absolute Gasteiger partial charge is 0.465 e. The maximum absolute atomic E-state index is 10.3. The van der Waals surface area contributed by atoms with Crippen LogP contribution in [0.25, 0.3) is 0 Å². The van der Waals surface area contributed by atoms with E-state index in [4.69, 9.17) is 10.4 Å². The van der Waals surface area contributed by atoms with Crippen molar-refractivity contribution in [2.45, 2.75) is 6.92 Å². The Morgan fingerprint density at radius 3 is 2.85 bits per heavy atom. The number of hydrogen-bond acceptors (Lipinski definition) is 2. The van der Waals surface area contributed by atoms with Gasteiger partial charge in [-0.3, -0.25) is 5.32 Å². The summed E-state index contributed by atoms with van der Waals surface area (Å²) in [6, 6.07) is 6.78. The molecule has 66 valence electrons. The zero-order chi connectivity index (χ0) is 9.84. The van der Waals surface area contributed by atoms with Crippen LogP contribution < -0.4 is 5.32 Å². The molecule has 1 rings (SSSR count). The first kappa shape index (κ1) is 9.07. The highest BCUT2D eigenvalue weighted by molar-refractivity contribution is 5.84. The van der Waals surface area contributed by atoms with Crippen LogP contribution in [0, 0.1) is 18.3 Å². The molecular formula is C9H8N2O2. The predicted molar refractivity (Wildman–Crippen MR) is 47.5 cm³/mol. The fraction of sp³-hybridized carbons (Fsp3) is 0.111. The summed E-state index contributed by atoms with van der Waals surface area (Å²) >= 11 is 0. The van der Waals surface area contributed by atoms with Gasteiger partial charge in [-0.25, -0.2) is 4.79 Å². The zero-order valence-electron chi connectivity index (χ0n) is 7.03. The van der Waals surface area contributed by atoms with Crippen LogP contribution in [-0.4, -0.2) is 11.2 Å². The minimum absolute atomic E-state index is 0.439. The lowest BCUT2D eigenvalue weighted by Crippen LogP contribution is -2.08. The molecule has 0 atom stereocenters. The highest BCUT2D eigenvalue weighted by Crippen LogP contribution is 2.15. The highest BCUT2D eigenvalue weighted by atomic mass is 16.4. The van der Waals surface area contributed by atoms with Gasteiger partial charge in [-0.15, -0.1) is 0 Å². The van der Waals surface area contributed by atoms with E-state index in [1.54, 1.807) is 19.1 Å². The minimum Gasteiger partial charge on any atom is -0.465 e. The Hall–Kier alpha value is -2.02. The first-order valence-corrected chi connectivity index (χ1v) is 3.64. The Morgan fingerprint density at radius 2 is 2.31 bits per heavy atom. The molecule has 0 bridgehead atoms. The molecular weight excluding hydrogens is 168 g/mol. The molecule has 0 aliphatic heterocycles. The molecule has 0 aromatic heterocycles. The SMILES string of the molecule is Cc1ccc(C#N)cc1NC(=O)O. The van der Waals surface area contributed by atoms with Crippen molar-refractivity contribution in [2.75, 3.05) is 5.32 Å². The summed E-state index contributed by atoms with van der Waals surface area (Å²) in [5, 5.41) is 19.2. The van der Waals surface area contributed by atoms with Crippen molar-refractivity contribution in [3.63, 3.8) is 0 Å². The van der Waals surface area contributed by atoms with Crippen molar-refractivity contribution in [2.24, 2.45) is 0 Å². The van der Waals surface area contributed by atoms with Crippen LogP contribution in [0.3, 0.4) is 0 Å². The van der Waals surface area contributed by atoms with Gasteiger partial charge >= 0.3 is 6.09 Å². The molecule has 1 aromatic carbocycles. The van der Waals surface area contributed by atoms with Crippen LogP contribution in [0.2, 0.25) is 0 Å². The molecule has 0 heterocycles. The number of aryl methyl sites for hydroxylation is 1. The van der Waals surface area contributed by atoms with Crippen molar-refractivity contribution in [3.05, 3.63) is 29.3 Å². The van der Waals surface area contributed by atoms with Gasteiger partial charge in [-0.1, -0.05) is 6.07 Å². The number of hydrogen-bond donors (Lipinski definition) is 2. The van der Waals surface area contributed by atoms with Crippen LogP contribution in [0.15, 0.2) is 18.2 Å². The fourth-order valence-corrected chi connectivity index (χ4v) is 0.941. The van der Waals surface area contributed by atoms with Crippen molar-refractivity contribution < 1.29 is 9.90 Å². The molecule has 0 fully saturated rings. The molecule has 2 N–H and O–H groups in total. The number of anilines is 1. The zero-order valence-corrected chi connectivity index (χ0v) is 7.03. The Morgan fingerprint density at radius 1 is 1.62 bits per heavy atom. The smallest absolute Gasteiger partial charge is 0.409 e. The molecule has 0 spiro atoms. The lowest BCUT2D eigenvalue weighted by molar-refractivity contribution is 0.209. The topological polar surface area (TPSA) is 73.1 Å². The first-order chi connectivity index (χ1) is 6.13. The summed E-state index contributed by atoms with van der Waals surface area (Å²) in [5.41, 5.74) is 1.68. The number of nitrogens with one attached hydrogen (secondary N) is 1. The molecule has 0 radical (unpaired) electrons. The third-order valence-corrected chi connectivity index (χ3v) is 1.61. The van der Waals surface area contributed by atoms with Gasteiger partial charge in [0, 0.05) is 5.69 Å². The normalized spacial score (nSPS) is 8.92. The van der Waals surface area contributed by atoms with E-state index in [9.17, 15) is 4.79 Å². The van der Waals surface area contributed by atoms with Gasteiger partial charge in [0.15, 0.2) is 0 Å². The lowest BCUT2D eigenvalue weighted by atomic mass is 10.1. The average Bonchev–Trinajstić information content (AvgIpc) is 2.08. The number of nitriles is 1. The summed E-state index contributed by atoms with van der Waals surface area (Å²) < 4.78 is 0. The van der Waals surface area contributed by atoms with Gasteiger partial charge in [0.05, 0.1) is 11.6 Å². The van der Waals surface area contributed by atoms with Crippen molar-refractivity contribution in [1.29, 1.82) is 5.26 Å². The van der Waals surface area contributed by atoms with Crippen LogP contribution in [0.1, 0.15) is 11.1 Å². The highest BCUT2D eigenvalue weighted by Gasteiger charge is 2.02. The maximum atomic E-state index is 10.3. The Labute approximate surface area is 75.4 Å². The molecule has 0 saturated heterocycles. The third-order valence-electron chi connectivity index (χ3n) is 1.61. The Bertz CT molecular complexity index is 380. The standard InChI is InChI=1S/C9H8N2O2/c1-6-2-3-7(5-10)4-8(6)11-9(12)13/h2-4,11H,1H3,(H,12,13). The summed E-state index contributed by atoms with van der Waals surface area (Å²) in [6.45, 7) is 1.77. The second kappa shape index (κ2) is 3.59. The fourth-order valence-electron chi connectivity index (χ4n) is 0.941. The van der Waals surface area contributed by atoms with E-state index in [1.807, 2.05) is 6.07 Å². The number of amides is 1. The van der Waals surface area contributed by atoms with Gasteiger partial charge in [-0.05, 0) is 24.6 Å². The van der Waals surface area contributed by atoms with E-state index >= 15 is 0 Å². The van der Waals surface area contributed by atoms with E-state index in [1.165, 1.54) is 6.07 Å². The van der Waals surface area contributed by atoms with E-state index in [0.29, 0.717) is 11.3 Å². The van der Waals surface area contributed by atoms with Crippen LogP contribution in [0.4, 0.5) is 10.5 Å². The monoisotopic (exact) mass is 176 g/mol. The van der Waals surface area contributed by atoms with Gasteiger partial charge in [-0.2, -0.15) is 5.26 Å². The Balaban J connectivity index is 3.05. The summed E-state index contributed by atoms with van der Waals surface area (Å²) in [5.74, 6) is 0. The molecule has 0 aliphatic rings. The third kappa shape index (κ3) is 2.20. The second-order valence-electron chi connectivity index (χ2n) is 2.57. The summed E-state index contributed by atoms with van der Waals surface area (Å²) in [7, 11) is 0. The van der Waals surface area contributed by atoms with Crippen molar-refractivity contribution in [3.8, 4) is 6.07 Å². The van der Waals surface area contributed by atoms with Crippen molar-refractivity contribution >= 4 is 11.8 Å². The van der Waals surface area contributed by atoms with Gasteiger partial charge in [0.1, 0.15) is 0 Å². The molecule has 1 aromatic rings. The first-order valence-electron chi connectivity index (χ1n) is 3.64. The second-order valence-corrected chi connectivity index (χ2v) is 2.57. The number of rotatable bonds is 1. The van der Waals surface area contributed by atoms with Crippen molar-refractivity contribution in [1.82, 2.24) is 0 Å². The van der Waals surface area contributed by atoms with Gasteiger partial charge < -0.3 is 5.11 Å². The molecule has 13 heavy (non-hydrogen) atoms. The van der Waals surface area contributed by atoms with Crippen LogP contribution in [-0.2, 0) is 0 Å². The Kier molecular flexibility index (Phi) is 2.50. The van der Waals surface area contributed by atoms with Gasteiger partial charge in [0.2, 0.25) is 0 Å². The number of nitrogens with zero attached hydrogens (tertiary/aromatic N) is 1.